The molecule has 2 N–H and O–H groups in total. The summed E-state index contributed by atoms with van der Waals surface area (Å²) >= 11 is 0. The fourth-order valence-corrected chi connectivity index (χ4v) is 2.82. The quantitative estimate of drug-likeness (QED) is 0.550. The van der Waals surface area contributed by atoms with E-state index in [0.717, 1.165) is 0 Å². The van der Waals surface area contributed by atoms with Crippen molar-refractivity contribution in [1.29, 1.82) is 0 Å². The van der Waals surface area contributed by atoms with Crippen LogP contribution in [0.25, 0.3) is 0 Å². The predicted octanol–water partition coefficient (Wildman–Crippen LogP) is 1.31. The van der Waals surface area contributed by atoms with E-state index in [1.165, 1.54) is 7.11 Å². The Morgan fingerprint density at radius 2 is 2.08 bits per heavy atom. The molecule has 6 heteroatoms. The summed E-state index contributed by atoms with van der Waals surface area (Å²) in [4.78, 5) is 11.9. The van der Waals surface area contributed by atoms with Gasteiger partial charge in [-0.1, -0.05) is 24.3 Å². The Bertz CT molecular complexity index is 532. The number of carbonyl (C=O) groups is 1. The Hall–Kier alpha value is -1.73. The molecule has 5 atom stereocenters. The number of methoxy groups -OCH3 is 1. The van der Waals surface area contributed by atoms with Crippen molar-refractivity contribution in [3.8, 4) is 0 Å². The van der Waals surface area contributed by atoms with Crippen molar-refractivity contribution in [2.24, 2.45) is 0 Å². The number of esters is 1. The van der Waals surface area contributed by atoms with E-state index in [4.69, 9.17) is 14.2 Å². The average molecular weight is 336 g/mol. The fraction of sp³-hybridized carbons (Fsp3) is 0.500. The smallest absolute Gasteiger partial charge is 0.338 e. The highest BCUT2D eigenvalue weighted by molar-refractivity contribution is 5.89. The van der Waals surface area contributed by atoms with Crippen LogP contribution in [0.2, 0.25) is 0 Å². The predicted molar refractivity (Wildman–Crippen MR) is 87.6 cm³/mol. The normalized spacial score (nSPS) is 27.6. The van der Waals surface area contributed by atoms with Gasteiger partial charge in [0, 0.05) is 13.5 Å². The minimum atomic E-state index is -0.907. The van der Waals surface area contributed by atoms with Gasteiger partial charge >= 0.3 is 5.97 Å². The molecule has 1 aliphatic heterocycles. The Labute approximate surface area is 141 Å². The van der Waals surface area contributed by atoms with Crippen LogP contribution in [0.1, 0.15) is 23.2 Å². The van der Waals surface area contributed by atoms with Gasteiger partial charge in [-0.05, 0) is 18.6 Å². The molecule has 0 amide bonds. The topological polar surface area (TPSA) is 85.2 Å². The summed E-state index contributed by atoms with van der Waals surface area (Å²) in [6.45, 7) is 3.49. The largest absolute Gasteiger partial charge is 0.459 e. The highest BCUT2D eigenvalue weighted by Gasteiger charge is 2.43. The van der Waals surface area contributed by atoms with Gasteiger partial charge in [0.2, 0.25) is 0 Å². The lowest BCUT2D eigenvalue weighted by atomic mass is 10.0. The lowest BCUT2D eigenvalue weighted by Crippen LogP contribution is -2.36. The second kappa shape index (κ2) is 8.94. The van der Waals surface area contributed by atoms with E-state index in [0.29, 0.717) is 12.0 Å². The zero-order valence-corrected chi connectivity index (χ0v) is 13.7. The Balaban J connectivity index is 1.84. The molecule has 0 saturated carbocycles. The number of hydrogen-bond donors (Lipinski definition) is 2. The van der Waals surface area contributed by atoms with E-state index >= 15 is 0 Å². The van der Waals surface area contributed by atoms with Crippen LogP contribution in [0.3, 0.4) is 0 Å². The molecular formula is C18H24O6. The van der Waals surface area contributed by atoms with Gasteiger partial charge in [-0.15, -0.1) is 6.58 Å². The number of rotatable bonds is 8. The second-order valence-electron chi connectivity index (χ2n) is 5.78. The molecule has 0 aliphatic carbocycles. The van der Waals surface area contributed by atoms with Crippen molar-refractivity contribution in [1.82, 2.24) is 0 Å². The first-order valence-corrected chi connectivity index (χ1v) is 7.94. The number of aliphatic hydroxyl groups excluding tert-OH is 2. The summed E-state index contributed by atoms with van der Waals surface area (Å²) < 4.78 is 16.1. The molecule has 24 heavy (non-hydrogen) atoms. The summed E-state index contributed by atoms with van der Waals surface area (Å²) in [5.41, 5.74) is 0.429. The van der Waals surface area contributed by atoms with Crippen LogP contribution < -0.4 is 0 Å². The van der Waals surface area contributed by atoms with E-state index in [-0.39, 0.29) is 13.0 Å². The van der Waals surface area contributed by atoms with Gasteiger partial charge in [-0.2, -0.15) is 0 Å². The average Bonchev–Trinajstić information content (AvgIpc) is 2.88. The van der Waals surface area contributed by atoms with E-state index in [2.05, 4.69) is 6.58 Å². The third-order valence-electron chi connectivity index (χ3n) is 4.03. The van der Waals surface area contributed by atoms with Gasteiger partial charge in [-0.3, -0.25) is 0 Å². The molecule has 0 unspecified atom stereocenters. The molecule has 1 fully saturated rings. The fourth-order valence-electron chi connectivity index (χ4n) is 2.82. The van der Waals surface area contributed by atoms with E-state index in [9.17, 15) is 15.0 Å². The number of benzene rings is 1. The Morgan fingerprint density at radius 1 is 1.38 bits per heavy atom. The maximum atomic E-state index is 11.9. The first-order valence-electron chi connectivity index (χ1n) is 7.94. The van der Waals surface area contributed by atoms with E-state index < -0.39 is 36.5 Å². The molecule has 1 aromatic rings. The summed E-state index contributed by atoms with van der Waals surface area (Å²) in [7, 11) is 1.49. The van der Waals surface area contributed by atoms with Crippen LogP contribution in [-0.2, 0) is 14.2 Å². The van der Waals surface area contributed by atoms with Gasteiger partial charge in [0.05, 0.1) is 23.9 Å². The van der Waals surface area contributed by atoms with Crippen LogP contribution in [0, 0.1) is 0 Å². The van der Waals surface area contributed by atoms with Gasteiger partial charge in [0.1, 0.15) is 18.8 Å². The summed E-state index contributed by atoms with van der Waals surface area (Å²) in [5.74, 6) is -0.491. The number of aliphatic hydroxyl groups is 2. The van der Waals surface area contributed by atoms with Crippen LogP contribution in [0.15, 0.2) is 43.0 Å². The summed E-state index contributed by atoms with van der Waals surface area (Å²) in [5, 5.41) is 20.3. The summed E-state index contributed by atoms with van der Waals surface area (Å²) in [6.07, 6.45) is -0.735. The van der Waals surface area contributed by atoms with Gasteiger partial charge in [0.15, 0.2) is 0 Å². The van der Waals surface area contributed by atoms with E-state index in [1.807, 2.05) is 0 Å². The minimum absolute atomic E-state index is 0.147. The van der Waals surface area contributed by atoms with Crippen molar-refractivity contribution >= 4 is 5.97 Å². The van der Waals surface area contributed by atoms with Crippen LogP contribution in [-0.4, -0.2) is 60.4 Å². The van der Waals surface area contributed by atoms with E-state index in [1.54, 1.807) is 36.4 Å². The zero-order valence-electron chi connectivity index (χ0n) is 13.7. The zero-order chi connectivity index (χ0) is 17.5. The van der Waals surface area contributed by atoms with Crippen LogP contribution in [0.4, 0.5) is 0 Å². The molecule has 0 radical (unpaired) electrons. The molecule has 0 aromatic heterocycles. The maximum Gasteiger partial charge on any atom is 0.338 e. The molecule has 1 aromatic carbocycles. The molecule has 132 valence electrons. The lowest BCUT2D eigenvalue weighted by molar-refractivity contribution is -0.0444. The lowest BCUT2D eigenvalue weighted by Gasteiger charge is -2.21. The maximum absolute atomic E-state index is 11.9. The number of carbonyl (C=O) groups excluding carboxylic acids is 1. The van der Waals surface area contributed by atoms with Crippen LogP contribution in [0.5, 0.6) is 0 Å². The molecule has 2 rings (SSSR count). The van der Waals surface area contributed by atoms with Gasteiger partial charge in [0.25, 0.3) is 0 Å². The van der Waals surface area contributed by atoms with Gasteiger partial charge < -0.3 is 24.4 Å². The highest BCUT2D eigenvalue weighted by atomic mass is 16.6. The van der Waals surface area contributed by atoms with Crippen molar-refractivity contribution in [2.75, 3.05) is 13.7 Å². The molecular weight excluding hydrogens is 312 g/mol. The molecule has 6 nitrogen and oxygen atoms in total. The molecule has 0 bridgehead atoms. The van der Waals surface area contributed by atoms with Crippen molar-refractivity contribution in [2.45, 2.75) is 43.4 Å². The van der Waals surface area contributed by atoms with Crippen molar-refractivity contribution < 1.29 is 29.2 Å². The highest BCUT2D eigenvalue weighted by Crippen LogP contribution is 2.28. The molecule has 1 saturated heterocycles. The van der Waals surface area contributed by atoms with Crippen molar-refractivity contribution in [3.63, 3.8) is 0 Å². The third kappa shape index (κ3) is 4.64. The second-order valence-corrected chi connectivity index (χ2v) is 5.78. The molecule has 0 spiro atoms. The van der Waals surface area contributed by atoms with Crippen molar-refractivity contribution in [3.05, 3.63) is 48.6 Å². The molecule has 1 heterocycles. The first-order chi connectivity index (χ1) is 11.6. The SMILES string of the molecule is C=CC[C@@H]1O[C@H](C[C@H](O)COC(=O)c2ccccc2)[C@H](OC)[C@H]1O. The monoisotopic (exact) mass is 336 g/mol. The standard InChI is InChI=1S/C18H24O6/c1-3-7-14-16(20)17(22-2)15(24-14)10-13(19)11-23-18(21)12-8-5-4-6-9-12/h3-6,8-9,13-17,19-20H,1,7,10-11H2,2H3/t13-,14-,15+,16-,17-/m0/s1. The van der Waals surface area contributed by atoms with Crippen LogP contribution >= 0.6 is 0 Å². The Morgan fingerprint density at radius 3 is 2.71 bits per heavy atom. The summed E-state index contributed by atoms with van der Waals surface area (Å²) in [6, 6.07) is 8.57. The first kappa shape index (κ1) is 18.6. The minimum Gasteiger partial charge on any atom is -0.459 e. The van der Waals surface area contributed by atoms with Gasteiger partial charge in [-0.25, -0.2) is 4.79 Å². The number of ether oxygens (including phenoxy) is 3. The molecule has 1 aliphatic rings. The third-order valence-corrected chi connectivity index (χ3v) is 4.03. The Kier molecular flexibility index (Phi) is 6.93. The number of hydrogen-bond acceptors (Lipinski definition) is 6.